The summed E-state index contributed by atoms with van der Waals surface area (Å²) in [5.41, 5.74) is -1.40. The van der Waals surface area contributed by atoms with E-state index in [1.54, 1.807) is 12.1 Å². The lowest BCUT2D eigenvalue weighted by atomic mass is 10.0. The van der Waals surface area contributed by atoms with Crippen molar-refractivity contribution < 1.29 is 55.0 Å². The third-order valence-electron chi connectivity index (χ3n) is 5.66. The average molecular weight is 591 g/mol. The Morgan fingerprint density at radius 3 is 2.29 bits per heavy atom. The van der Waals surface area contributed by atoms with Gasteiger partial charge < -0.3 is 25.0 Å². The summed E-state index contributed by atoms with van der Waals surface area (Å²) in [7, 11) is 0. The van der Waals surface area contributed by atoms with E-state index in [2.05, 4.69) is 25.1 Å². The molecule has 4 amide bonds. The largest absolute Gasteiger partial charge is 0.573 e. The fourth-order valence-electron chi connectivity index (χ4n) is 3.66. The number of hydrogen-bond acceptors (Lipinski definition) is 8. The molecule has 1 aromatic heterocycles. The summed E-state index contributed by atoms with van der Waals surface area (Å²) in [4.78, 5) is 55.5. The molecule has 0 radical (unpaired) electrons. The number of halogens is 6. The van der Waals surface area contributed by atoms with Crippen LogP contribution < -0.4 is 20.3 Å². The first-order valence-corrected chi connectivity index (χ1v) is 11.7. The Kier molecular flexibility index (Phi) is 9.10. The van der Waals surface area contributed by atoms with Crippen LogP contribution in [0.5, 0.6) is 5.75 Å². The molecule has 0 aliphatic carbocycles. The van der Waals surface area contributed by atoms with Crippen molar-refractivity contribution in [3.63, 3.8) is 0 Å². The number of carbonyl (C=O) groups is 4. The van der Waals surface area contributed by atoms with Gasteiger partial charge in [-0.05, 0) is 49.7 Å². The molecule has 2 heterocycles. The van der Waals surface area contributed by atoms with E-state index >= 15 is 0 Å². The molecule has 0 spiro atoms. The molecule has 1 aliphatic rings. The number of amides is 4. The Hall–Kier alpha value is -4.41. The van der Waals surface area contributed by atoms with Crippen LogP contribution in [0.15, 0.2) is 42.7 Å². The molecule has 41 heavy (non-hydrogen) atoms. The van der Waals surface area contributed by atoms with Gasteiger partial charge in [0.25, 0.3) is 5.91 Å². The third kappa shape index (κ3) is 7.84. The number of alkyl halides is 6. The van der Waals surface area contributed by atoms with Gasteiger partial charge in [-0.15, -0.1) is 13.2 Å². The van der Waals surface area contributed by atoms with E-state index in [0.717, 1.165) is 23.1 Å². The highest BCUT2D eigenvalue weighted by molar-refractivity contribution is 6.23. The second kappa shape index (κ2) is 12.0. The maximum atomic E-state index is 13.3. The highest BCUT2D eigenvalue weighted by atomic mass is 19.4. The van der Waals surface area contributed by atoms with Gasteiger partial charge in [0.15, 0.2) is 5.75 Å². The lowest BCUT2D eigenvalue weighted by Gasteiger charge is -2.27. The summed E-state index contributed by atoms with van der Waals surface area (Å²) in [5.74, 6) is -4.94. The number of rotatable bonds is 10. The van der Waals surface area contributed by atoms with Gasteiger partial charge in [-0.3, -0.25) is 14.6 Å². The zero-order chi connectivity index (χ0) is 30.6. The zero-order valence-electron chi connectivity index (χ0n) is 21.4. The molecule has 2 aromatic rings. The molecule has 0 bridgehead atoms. The topological polar surface area (TPSA) is 130 Å². The van der Waals surface area contributed by atoms with Crippen molar-refractivity contribution in [2.45, 2.75) is 38.5 Å². The molecule has 0 unspecified atom stereocenters. The Labute approximate surface area is 228 Å². The molecule has 1 aromatic carbocycles. The summed E-state index contributed by atoms with van der Waals surface area (Å²) >= 11 is 0. The number of benzene rings is 1. The van der Waals surface area contributed by atoms with Gasteiger partial charge >= 0.3 is 24.5 Å². The number of aromatic nitrogens is 1. The third-order valence-corrected chi connectivity index (χ3v) is 5.66. The Morgan fingerprint density at radius 2 is 1.68 bits per heavy atom. The van der Waals surface area contributed by atoms with Crippen molar-refractivity contribution in [2.24, 2.45) is 0 Å². The summed E-state index contributed by atoms with van der Waals surface area (Å²) in [6.07, 6.45) is -7.35. The fraction of sp³-hybridized carbons (Fsp3) is 0.375. The Bertz CT molecular complexity index is 1300. The minimum Gasteiger partial charge on any atom is -0.458 e. The summed E-state index contributed by atoms with van der Waals surface area (Å²) in [5, 5.41) is 4.49. The predicted molar refractivity (Wildman–Crippen MR) is 128 cm³/mol. The standard InChI is InChI=1S/C24H23F6N5O6/c1-22(2)19(37)35(21(39)34(22)13-14-5-7-31-8-6-14)15-3-4-17(41-24(28,29)30)16(11-15)33-18(36)12-32-9-10-40-20(38)23(25,26)27/h3-8,11,32H,9-10,12-13H2,1-2H3,(H,33,36). The first kappa shape index (κ1) is 31.1. The van der Waals surface area contributed by atoms with Crippen LogP contribution in [0.4, 0.5) is 42.5 Å². The molecule has 0 saturated carbocycles. The lowest BCUT2D eigenvalue weighted by molar-refractivity contribution is -0.274. The van der Waals surface area contributed by atoms with Crippen LogP contribution in [0.2, 0.25) is 0 Å². The van der Waals surface area contributed by atoms with Crippen LogP contribution >= 0.6 is 0 Å². The number of carbonyl (C=O) groups excluding carboxylic acids is 4. The number of nitrogens with zero attached hydrogens (tertiary/aromatic N) is 3. The number of hydrogen-bond donors (Lipinski definition) is 2. The molecule has 3 rings (SSSR count). The molecule has 1 fully saturated rings. The van der Waals surface area contributed by atoms with Gasteiger partial charge in [0, 0.05) is 25.5 Å². The normalized spacial score (nSPS) is 15.2. The van der Waals surface area contributed by atoms with Crippen LogP contribution in [-0.2, 0) is 25.7 Å². The number of imide groups is 1. The summed E-state index contributed by atoms with van der Waals surface area (Å²) in [6, 6.07) is 5.29. The van der Waals surface area contributed by atoms with Gasteiger partial charge in [-0.2, -0.15) is 13.2 Å². The van der Waals surface area contributed by atoms with Gasteiger partial charge in [-0.1, -0.05) is 0 Å². The Morgan fingerprint density at radius 1 is 1.02 bits per heavy atom. The molecule has 222 valence electrons. The number of pyridine rings is 1. The molecular formula is C24H23F6N5O6. The molecular weight excluding hydrogens is 568 g/mol. The predicted octanol–water partition coefficient (Wildman–Crippen LogP) is 3.36. The minimum atomic E-state index is -5.19. The molecule has 1 aliphatic heterocycles. The van der Waals surface area contributed by atoms with E-state index in [1.807, 2.05) is 0 Å². The molecule has 11 nitrogen and oxygen atoms in total. The van der Waals surface area contributed by atoms with E-state index in [9.17, 15) is 45.5 Å². The van der Waals surface area contributed by atoms with E-state index in [1.165, 1.54) is 31.1 Å². The van der Waals surface area contributed by atoms with Crippen LogP contribution in [0, 0.1) is 0 Å². The SMILES string of the molecule is CC1(C)C(=O)N(c2ccc(OC(F)(F)F)c(NC(=O)CNCCOC(=O)C(F)(F)F)c2)C(=O)N1Cc1ccncc1. The van der Waals surface area contributed by atoms with Crippen molar-refractivity contribution >= 4 is 35.2 Å². The van der Waals surface area contributed by atoms with Crippen molar-refractivity contribution in [3.8, 4) is 5.75 Å². The van der Waals surface area contributed by atoms with Gasteiger partial charge in [0.1, 0.15) is 12.1 Å². The van der Waals surface area contributed by atoms with E-state index in [0.29, 0.717) is 5.56 Å². The van der Waals surface area contributed by atoms with E-state index in [4.69, 9.17) is 0 Å². The second-order valence-electron chi connectivity index (χ2n) is 9.01. The number of esters is 1. The minimum absolute atomic E-state index is 0.0272. The van der Waals surface area contributed by atoms with Crippen LogP contribution in [0.3, 0.4) is 0 Å². The molecule has 0 atom stereocenters. The summed E-state index contributed by atoms with van der Waals surface area (Å²) in [6.45, 7) is 1.27. The number of nitrogens with one attached hydrogen (secondary N) is 2. The van der Waals surface area contributed by atoms with Crippen molar-refractivity contribution in [1.82, 2.24) is 15.2 Å². The molecule has 1 saturated heterocycles. The smallest absolute Gasteiger partial charge is 0.458 e. The van der Waals surface area contributed by atoms with Crippen LogP contribution in [-0.4, -0.2) is 71.5 Å². The maximum Gasteiger partial charge on any atom is 0.573 e. The fourth-order valence-corrected chi connectivity index (χ4v) is 3.66. The highest BCUT2D eigenvalue weighted by Crippen LogP contribution is 2.38. The molecule has 2 N–H and O–H groups in total. The number of ether oxygens (including phenoxy) is 2. The van der Waals surface area contributed by atoms with E-state index < -0.39 is 66.5 Å². The maximum absolute atomic E-state index is 13.3. The Balaban J connectivity index is 1.77. The molecule has 17 heteroatoms. The lowest BCUT2D eigenvalue weighted by Crippen LogP contribution is -2.43. The van der Waals surface area contributed by atoms with E-state index in [-0.39, 0.29) is 18.8 Å². The van der Waals surface area contributed by atoms with Gasteiger partial charge in [0.2, 0.25) is 5.91 Å². The van der Waals surface area contributed by atoms with Crippen LogP contribution in [0.25, 0.3) is 0 Å². The van der Waals surface area contributed by atoms with Gasteiger partial charge in [0.05, 0.1) is 17.9 Å². The average Bonchev–Trinajstić information content (AvgIpc) is 3.03. The highest BCUT2D eigenvalue weighted by Gasteiger charge is 2.52. The van der Waals surface area contributed by atoms with Crippen molar-refractivity contribution in [1.29, 1.82) is 0 Å². The zero-order valence-corrected chi connectivity index (χ0v) is 21.4. The first-order chi connectivity index (χ1) is 19.0. The monoisotopic (exact) mass is 591 g/mol. The van der Waals surface area contributed by atoms with Gasteiger partial charge in [-0.25, -0.2) is 14.5 Å². The summed E-state index contributed by atoms with van der Waals surface area (Å²) < 4.78 is 83.3. The number of anilines is 2. The second-order valence-corrected chi connectivity index (χ2v) is 9.01. The quantitative estimate of drug-likeness (QED) is 0.186. The number of urea groups is 1. The van der Waals surface area contributed by atoms with Crippen molar-refractivity contribution in [2.75, 3.05) is 29.9 Å². The van der Waals surface area contributed by atoms with Crippen LogP contribution in [0.1, 0.15) is 19.4 Å². The van der Waals surface area contributed by atoms with Crippen molar-refractivity contribution in [3.05, 3.63) is 48.3 Å². The first-order valence-electron chi connectivity index (χ1n) is 11.7.